The van der Waals surface area contributed by atoms with E-state index in [1.54, 1.807) is 17.1 Å². The van der Waals surface area contributed by atoms with Crippen LogP contribution in [-0.2, 0) is 17.7 Å². The van der Waals surface area contributed by atoms with E-state index in [-0.39, 0.29) is 27.5 Å². The molecule has 0 radical (unpaired) electrons. The largest absolute Gasteiger partial charge is 0.536 e. The Balaban J connectivity index is 1.69. The van der Waals surface area contributed by atoms with Crippen molar-refractivity contribution in [3.63, 3.8) is 0 Å². The molecule has 12 heteroatoms. The van der Waals surface area contributed by atoms with Gasteiger partial charge in [-0.05, 0) is 18.1 Å². The van der Waals surface area contributed by atoms with Gasteiger partial charge in [-0.3, -0.25) is 4.55 Å². The summed E-state index contributed by atoms with van der Waals surface area (Å²) in [6, 6.07) is 3.32. The number of nitrogens with zero attached hydrogens (tertiary/aromatic N) is 1. The van der Waals surface area contributed by atoms with Gasteiger partial charge < -0.3 is 19.5 Å². The van der Waals surface area contributed by atoms with Crippen LogP contribution in [0.5, 0.6) is 11.5 Å². The highest BCUT2D eigenvalue weighted by Crippen LogP contribution is 2.40. The van der Waals surface area contributed by atoms with Crippen molar-refractivity contribution in [2.24, 2.45) is 0 Å². The van der Waals surface area contributed by atoms with Crippen LogP contribution in [0.25, 0.3) is 0 Å². The van der Waals surface area contributed by atoms with E-state index in [1.165, 1.54) is 18.9 Å². The second kappa shape index (κ2) is 7.52. The molecule has 1 fully saturated rings. The molecule has 1 aromatic rings. The van der Waals surface area contributed by atoms with Crippen LogP contribution in [-0.4, -0.2) is 67.6 Å². The average Bonchev–Trinajstić information content (AvgIpc) is 2.51. The van der Waals surface area contributed by atoms with E-state index in [4.69, 9.17) is 13.9 Å². The van der Waals surface area contributed by atoms with Crippen molar-refractivity contribution in [3.8, 4) is 11.5 Å². The Bertz CT molecular complexity index is 701. The number of rotatable bonds is 6. The lowest BCUT2D eigenvalue weighted by molar-refractivity contribution is 0.0690. The third kappa shape index (κ3) is 3.94. The van der Waals surface area contributed by atoms with Gasteiger partial charge in [0.15, 0.2) is 0 Å². The van der Waals surface area contributed by atoms with Crippen LogP contribution in [0.3, 0.4) is 0 Å². The Morgan fingerprint density at radius 3 is 2.84 bits per heavy atom. The highest BCUT2D eigenvalue weighted by molar-refractivity contribution is 8.02. The first-order chi connectivity index (χ1) is 11.9. The quantitative estimate of drug-likeness (QED) is 0.386. The number of carbonyl (C=O) groups is 1. The van der Waals surface area contributed by atoms with Gasteiger partial charge in [-0.15, -0.1) is 4.83 Å². The number of methoxy groups -OCH3 is 1. The van der Waals surface area contributed by atoms with E-state index in [2.05, 4.69) is 4.83 Å². The summed E-state index contributed by atoms with van der Waals surface area (Å²) in [5.74, 6) is -0.851. The van der Waals surface area contributed by atoms with Gasteiger partial charge in [0.05, 0.1) is 12.3 Å². The Kier molecular flexibility index (Phi) is 5.56. The lowest BCUT2D eigenvalue weighted by atomic mass is 9.77. The molecule has 2 aliphatic rings. The van der Waals surface area contributed by atoms with E-state index >= 15 is 0 Å². The average molecular weight is 388 g/mol. The van der Waals surface area contributed by atoms with Crippen LogP contribution in [0.2, 0.25) is 0 Å². The molecule has 2 atom stereocenters. The maximum atomic E-state index is 11.5. The number of carboxylic acid groups (broad SMARTS) is 1. The third-order valence-electron chi connectivity index (χ3n) is 4.04. The zero-order valence-corrected chi connectivity index (χ0v) is 14.9. The van der Waals surface area contributed by atoms with Crippen LogP contribution in [0.15, 0.2) is 12.1 Å². The van der Waals surface area contributed by atoms with Gasteiger partial charge in [0.2, 0.25) is 11.3 Å². The van der Waals surface area contributed by atoms with Crippen LogP contribution in [0.4, 0.5) is 0 Å². The fourth-order valence-electron chi connectivity index (χ4n) is 2.86. The van der Waals surface area contributed by atoms with Gasteiger partial charge in [0.25, 0.3) is 0 Å². The second-order valence-corrected chi connectivity index (χ2v) is 7.92. The molecule has 136 valence electrons. The van der Waals surface area contributed by atoms with Crippen molar-refractivity contribution in [2.45, 2.75) is 16.8 Å². The van der Waals surface area contributed by atoms with Crippen molar-refractivity contribution < 1.29 is 33.1 Å². The number of hydrazine groups is 1. The van der Waals surface area contributed by atoms with Gasteiger partial charge in [0, 0.05) is 18.3 Å². The zero-order valence-electron chi connectivity index (χ0n) is 13.2. The molecule has 0 bridgehead atoms. The SMILES string of the molecule is COc1ccc2c(c1C(=O)O)OB(O)[C@@H](SC1CN(NS(=O)O)C1)C2. The number of benzene rings is 1. The molecule has 0 aromatic heterocycles. The molecule has 4 N–H and O–H groups in total. The zero-order chi connectivity index (χ0) is 18.1. The molecular formula is C13H17BN2O7S2. The number of nitrogens with one attached hydrogen (secondary N) is 1. The minimum atomic E-state index is -2.09. The summed E-state index contributed by atoms with van der Waals surface area (Å²) in [6.45, 7) is 1.13. The molecule has 1 unspecified atom stereocenters. The number of carboxylic acids is 1. The predicted octanol–water partition coefficient (Wildman–Crippen LogP) is -0.225. The van der Waals surface area contributed by atoms with Gasteiger partial charge in [-0.2, -0.15) is 11.8 Å². The van der Waals surface area contributed by atoms with Crippen molar-refractivity contribution >= 4 is 36.1 Å². The number of ether oxygens (including phenoxy) is 1. The molecule has 25 heavy (non-hydrogen) atoms. The summed E-state index contributed by atoms with van der Waals surface area (Å²) in [6.07, 6.45) is 0.460. The summed E-state index contributed by atoms with van der Waals surface area (Å²) in [5, 5.41) is 21.2. The van der Waals surface area contributed by atoms with E-state index in [9.17, 15) is 19.1 Å². The molecule has 0 aliphatic carbocycles. The monoisotopic (exact) mass is 388 g/mol. The molecule has 1 saturated heterocycles. The van der Waals surface area contributed by atoms with Crippen molar-refractivity contribution in [3.05, 3.63) is 23.3 Å². The lowest BCUT2D eigenvalue weighted by Gasteiger charge is -2.40. The first kappa shape index (κ1) is 18.5. The van der Waals surface area contributed by atoms with E-state index in [0.29, 0.717) is 25.1 Å². The Labute approximate surface area is 151 Å². The molecular weight excluding hydrogens is 371 g/mol. The fourth-order valence-corrected chi connectivity index (χ4v) is 4.72. The smallest absolute Gasteiger partial charge is 0.534 e. The fraction of sp³-hybridized carbons (Fsp3) is 0.462. The molecule has 0 amide bonds. The van der Waals surface area contributed by atoms with Gasteiger partial charge >= 0.3 is 13.1 Å². The summed E-state index contributed by atoms with van der Waals surface area (Å²) >= 11 is -0.570. The van der Waals surface area contributed by atoms with Crippen LogP contribution < -0.4 is 14.2 Å². The highest BCUT2D eigenvalue weighted by atomic mass is 32.2. The Morgan fingerprint density at radius 1 is 1.52 bits per heavy atom. The summed E-state index contributed by atoms with van der Waals surface area (Å²) in [7, 11) is 0.235. The standard InChI is InChI=1S/C13H17BN2O7S2/c1-22-9-3-2-7-4-10(14(19)23-12(7)11(9)13(17)18)24-8-5-16(6-8)15-25(20)21/h2-3,8,10,15,19H,4-6H2,1H3,(H,17,18)(H,20,21)/t10-/m0/s1. The van der Waals surface area contributed by atoms with Crippen molar-refractivity contribution in [1.82, 2.24) is 9.84 Å². The lowest BCUT2D eigenvalue weighted by Crippen LogP contribution is -2.57. The number of hydrogen-bond acceptors (Lipinski definition) is 7. The normalized spacial score (nSPS) is 21.9. The van der Waals surface area contributed by atoms with Crippen LogP contribution >= 0.6 is 11.8 Å². The summed E-state index contributed by atoms with van der Waals surface area (Å²) in [4.78, 5) is 13.9. The molecule has 2 aliphatic heterocycles. The Morgan fingerprint density at radius 2 is 2.24 bits per heavy atom. The van der Waals surface area contributed by atoms with Gasteiger partial charge in [-0.25, -0.2) is 14.0 Å². The van der Waals surface area contributed by atoms with Crippen LogP contribution in [0.1, 0.15) is 15.9 Å². The predicted molar refractivity (Wildman–Crippen MR) is 92.9 cm³/mol. The van der Waals surface area contributed by atoms with E-state index < -0.39 is 24.4 Å². The first-order valence-corrected chi connectivity index (χ1v) is 9.49. The second-order valence-electron chi connectivity index (χ2n) is 5.69. The number of fused-ring (bicyclic) bond motifs is 1. The summed E-state index contributed by atoms with van der Waals surface area (Å²) in [5.41, 5.74) is 0.610. The molecule has 9 nitrogen and oxygen atoms in total. The van der Waals surface area contributed by atoms with Crippen molar-refractivity contribution in [2.75, 3.05) is 20.2 Å². The summed E-state index contributed by atoms with van der Waals surface area (Å²) < 4.78 is 30.0. The molecule has 2 heterocycles. The topological polar surface area (TPSA) is 129 Å². The minimum absolute atomic E-state index is 0.0908. The maximum Gasteiger partial charge on any atom is 0.536 e. The molecule has 3 rings (SSSR count). The van der Waals surface area contributed by atoms with E-state index in [1.807, 2.05) is 0 Å². The van der Waals surface area contributed by atoms with Crippen molar-refractivity contribution in [1.29, 1.82) is 0 Å². The third-order valence-corrected chi connectivity index (χ3v) is 5.88. The van der Waals surface area contributed by atoms with E-state index in [0.717, 1.165) is 0 Å². The van der Waals surface area contributed by atoms with Gasteiger partial charge in [0.1, 0.15) is 17.1 Å². The molecule has 1 aromatic carbocycles. The minimum Gasteiger partial charge on any atom is -0.534 e. The maximum absolute atomic E-state index is 11.5. The first-order valence-electron chi connectivity index (χ1n) is 7.44. The Hall–Kier alpha value is -1.31. The number of thioether (sulfide) groups is 1. The molecule has 0 spiro atoms. The van der Waals surface area contributed by atoms with Gasteiger partial charge in [-0.1, -0.05) is 6.07 Å². The molecule has 0 saturated carbocycles. The highest BCUT2D eigenvalue weighted by Gasteiger charge is 2.41. The van der Waals surface area contributed by atoms with Crippen LogP contribution in [0, 0.1) is 0 Å². The number of aromatic carboxylic acids is 1. The number of hydrogen-bond donors (Lipinski definition) is 4.